The van der Waals surface area contributed by atoms with Crippen LogP contribution in [-0.2, 0) is 0 Å². The van der Waals surface area contributed by atoms with Gasteiger partial charge in [0.1, 0.15) is 0 Å². The van der Waals surface area contributed by atoms with Crippen molar-refractivity contribution >= 4 is 22.6 Å². The van der Waals surface area contributed by atoms with Gasteiger partial charge in [-0.25, -0.2) is 4.98 Å². The fourth-order valence-electron chi connectivity index (χ4n) is 1.09. The average molecular weight is 195 g/mol. The molecule has 2 aromatic heterocycles. The molecule has 0 aliphatic rings. The van der Waals surface area contributed by atoms with Crippen molar-refractivity contribution in [2.45, 2.75) is 0 Å². The lowest BCUT2D eigenvalue weighted by Gasteiger charge is -2.00. The zero-order valence-electron chi connectivity index (χ0n) is 6.99. The smallest absolute Gasteiger partial charge is 0.215 e. The lowest BCUT2D eigenvalue weighted by atomic mass is 10.3. The van der Waals surface area contributed by atoms with Crippen molar-refractivity contribution in [1.82, 2.24) is 9.97 Å². The molecule has 4 heteroatoms. The third-order valence-electron chi connectivity index (χ3n) is 1.73. The van der Waals surface area contributed by atoms with Crippen LogP contribution < -0.4 is 4.74 Å². The molecule has 0 unspecified atom stereocenters. The summed E-state index contributed by atoms with van der Waals surface area (Å²) in [5, 5.41) is 1.49. The Morgan fingerprint density at radius 2 is 2.15 bits per heavy atom. The van der Waals surface area contributed by atoms with Crippen LogP contribution in [0, 0.1) is 0 Å². The SMILES string of the molecule is COc1ccc2c(Cl)ccnc2n1. The molecule has 0 amide bonds. The summed E-state index contributed by atoms with van der Waals surface area (Å²) in [7, 11) is 1.57. The normalized spacial score (nSPS) is 10.3. The van der Waals surface area contributed by atoms with Gasteiger partial charge in [-0.3, -0.25) is 0 Å². The molecule has 13 heavy (non-hydrogen) atoms. The van der Waals surface area contributed by atoms with Gasteiger partial charge in [0.05, 0.1) is 12.1 Å². The van der Waals surface area contributed by atoms with Crippen molar-refractivity contribution in [3.05, 3.63) is 29.4 Å². The van der Waals surface area contributed by atoms with E-state index in [4.69, 9.17) is 16.3 Å². The molecule has 66 valence electrons. The van der Waals surface area contributed by atoms with Crippen molar-refractivity contribution in [3.8, 4) is 5.88 Å². The number of pyridine rings is 2. The molecule has 0 aromatic carbocycles. The van der Waals surface area contributed by atoms with Gasteiger partial charge in [-0.05, 0) is 12.1 Å². The number of methoxy groups -OCH3 is 1. The molecular formula is C9H7ClN2O. The summed E-state index contributed by atoms with van der Waals surface area (Å²) in [6.45, 7) is 0. The van der Waals surface area contributed by atoms with Gasteiger partial charge in [-0.2, -0.15) is 4.98 Å². The summed E-state index contributed by atoms with van der Waals surface area (Å²) >= 11 is 5.93. The van der Waals surface area contributed by atoms with E-state index in [9.17, 15) is 0 Å². The van der Waals surface area contributed by atoms with Gasteiger partial charge in [0, 0.05) is 17.6 Å². The topological polar surface area (TPSA) is 35.0 Å². The van der Waals surface area contributed by atoms with Gasteiger partial charge < -0.3 is 4.74 Å². The number of rotatable bonds is 1. The Kier molecular flexibility index (Phi) is 2.02. The fraction of sp³-hybridized carbons (Fsp3) is 0.111. The van der Waals surface area contributed by atoms with Gasteiger partial charge in [0.15, 0.2) is 5.65 Å². The molecule has 0 aliphatic carbocycles. The number of nitrogens with zero attached hydrogens (tertiary/aromatic N) is 2. The zero-order valence-corrected chi connectivity index (χ0v) is 7.75. The van der Waals surface area contributed by atoms with Gasteiger partial charge in [0.25, 0.3) is 0 Å². The minimum Gasteiger partial charge on any atom is -0.481 e. The van der Waals surface area contributed by atoms with Crippen molar-refractivity contribution in [2.75, 3.05) is 7.11 Å². The van der Waals surface area contributed by atoms with Crippen molar-refractivity contribution in [1.29, 1.82) is 0 Å². The highest BCUT2D eigenvalue weighted by atomic mass is 35.5. The Bertz CT molecular complexity index is 445. The Hall–Kier alpha value is -1.35. The standard InChI is InChI=1S/C9H7ClN2O/c1-13-8-3-2-6-7(10)4-5-11-9(6)12-8/h2-5H,1H3. The summed E-state index contributed by atoms with van der Waals surface area (Å²) in [4.78, 5) is 8.21. The molecule has 0 radical (unpaired) electrons. The molecular weight excluding hydrogens is 188 g/mol. The summed E-state index contributed by atoms with van der Waals surface area (Å²) in [5.41, 5.74) is 0.604. The molecule has 0 fully saturated rings. The van der Waals surface area contributed by atoms with Gasteiger partial charge in [-0.1, -0.05) is 11.6 Å². The lowest BCUT2D eigenvalue weighted by Crippen LogP contribution is -1.89. The summed E-state index contributed by atoms with van der Waals surface area (Å²) in [6, 6.07) is 5.34. The molecule has 0 aliphatic heterocycles. The van der Waals surface area contributed by atoms with Crippen LogP contribution in [0.15, 0.2) is 24.4 Å². The summed E-state index contributed by atoms with van der Waals surface area (Å²) in [5.74, 6) is 0.544. The summed E-state index contributed by atoms with van der Waals surface area (Å²) < 4.78 is 4.97. The summed E-state index contributed by atoms with van der Waals surface area (Å²) in [6.07, 6.45) is 1.62. The molecule has 0 N–H and O–H groups in total. The van der Waals surface area contributed by atoms with Crippen LogP contribution in [-0.4, -0.2) is 17.1 Å². The number of halogens is 1. The fourth-order valence-corrected chi connectivity index (χ4v) is 1.30. The molecule has 2 heterocycles. The second-order valence-electron chi connectivity index (χ2n) is 2.52. The largest absolute Gasteiger partial charge is 0.481 e. The monoisotopic (exact) mass is 194 g/mol. The third kappa shape index (κ3) is 1.42. The van der Waals surface area contributed by atoms with Crippen LogP contribution >= 0.6 is 11.6 Å². The number of hydrogen-bond donors (Lipinski definition) is 0. The molecule has 0 saturated carbocycles. The lowest BCUT2D eigenvalue weighted by molar-refractivity contribution is 0.399. The predicted molar refractivity (Wildman–Crippen MR) is 51.1 cm³/mol. The zero-order chi connectivity index (χ0) is 9.26. The van der Waals surface area contributed by atoms with E-state index < -0.39 is 0 Å². The highest BCUT2D eigenvalue weighted by Crippen LogP contribution is 2.21. The van der Waals surface area contributed by atoms with Gasteiger partial charge >= 0.3 is 0 Å². The molecule has 0 spiro atoms. The Balaban J connectivity index is 2.72. The first kappa shape index (κ1) is 8.26. The molecule has 3 nitrogen and oxygen atoms in total. The first-order valence-corrected chi connectivity index (χ1v) is 4.14. The first-order chi connectivity index (χ1) is 6.31. The number of aromatic nitrogens is 2. The molecule has 2 aromatic rings. The predicted octanol–water partition coefficient (Wildman–Crippen LogP) is 2.29. The minimum atomic E-state index is 0.544. The number of fused-ring (bicyclic) bond motifs is 1. The Labute approximate surface area is 80.3 Å². The molecule has 0 bridgehead atoms. The van der Waals surface area contributed by atoms with E-state index in [2.05, 4.69) is 9.97 Å². The van der Waals surface area contributed by atoms with Crippen LogP contribution in [0.4, 0.5) is 0 Å². The van der Waals surface area contributed by atoms with Crippen molar-refractivity contribution in [3.63, 3.8) is 0 Å². The van der Waals surface area contributed by atoms with E-state index >= 15 is 0 Å². The van der Waals surface area contributed by atoms with E-state index in [1.807, 2.05) is 6.07 Å². The maximum Gasteiger partial charge on any atom is 0.215 e. The molecule has 0 atom stereocenters. The molecule has 0 saturated heterocycles. The Morgan fingerprint density at radius 1 is 1.31 bits per heavy atom. The number of hydrogen-bond acceptors (Lipinski definition) is 3. The van der Waals surface area contributed by atoms with Crippen molar-refractivity contribution < 1.29 is 4.74 Å². The number of ether oxygens (including phenoxy) is 1. The van der Waals surface area contributed by atoms with E-state index in [1.54, 1.807) is 25.4 Å². The quantitative estimate of drug-likeness (QED) is 0.699. The van der Waals surface area contributed by atoms with Crippen LogP contribution in [0.3, 0.4) is 0 Å². The maximum absolute atomic E-state index is 5.93. The van der Waals surface area contributed by atoms with Crippen LogP contribution in [0.25, 0.3) is 11.0 Å². The van der Waals surface area contributed by atoms with Gasteiger partial charge in [-0.15, -0.1) is 0 Å². The van der Waals surface area contributed by atoms with E-state index in [1.165, 1.54) is 0 Å². The highest BCUT2D eigenvalue weighted by Gasteiger charge is 2.01. The second kappa shape index (κ2) is 3.18. The van der Waals surface area contributed by atoms with E-state index in [0.717, 1.165) is 5.39 Å². The Morgan fingerprint density at radius 3 is 2.92 bits per heavy atom. The maximum atomic E-state index is 5.93. The minimum absolute atomic E-state index is 0.544. The van der Waals surface area contributed by atoms with Gasteiger partial charge in [0.2, 0.25) is 5.88 Å². The second-order valence-corrected chi connectivity index (χ2v) is 2.92. The first-order valence-electron chi connectivity index (χ1n) is 3.76. The molecule has 2 rings (SSSR count). The van der Waals surface area contributed by atoms with E-state index in [-0.39, 0.29) is 0 Å². The van der Waals surface area contributed by atoms with Crippen LogP contribution in [0.5, 0.6) is 5.88 Å². The van der Waals surface area contributed by atoms with Crippen LogP contribution in [0.2, 0.25) is 5.02 Å². The third-order valence-corrected chi connectivity index (χ3v) is 2.06. The highest BCUT2D eigenvalue weighted by molar-refractivity contribution is 6.35. The average Bonchev–Trinajstić information content (AvgIpc) is 2.18. The van der Waals surface area contributed by atoms with E-state index in [0.29, 0.717) is 16.5 Å². The van der Waals surface area contributed by atoms with Crippen molar-refractivity contribution in [2.24, 2.45) is 0 Å². The van der Waals surface area contributed by atoms with Crippen LogP contribution in [0.1, 0.15) is 0 Å².